The molecule has 1 aromatic carbocycles. The lowest BCUT2D eigenvalue weighted by Crippen LogP contribution is -2.39. The van der Waals surface area contributed by atoms with Crippen LogP contribution in [0.5, 0.6) is 0 Å². The van der Waals surface area contributed by atoms with Crippen LogP contribution in [-0.4, -0.2) is 47.1 Å². The van der Waals surface area contributed by atoms with Crippen molar-refractivity contribution >= 4 is 90.4 Å². The number of hydrogen-bond donors (Lipinski definition) is 0. The highest BCUT2D eigenvalue weighted by atomic mass is 79.9. The smallest absolute Gasteiger partial charge is 0.147 e. The fourth-order valence-corrected chi connectivity index (χ4v) is 3.22. The van der Waals surface area contributed by atoms with Crippen molar-refractivity contribution in [3.05, 3.63) is 28.4 Å². The maximum Gasteiger partial charge on any atom is 0.147 e. The van der Waals surface area contributed by atoms with Gasteiger partial charge in [-0.25, -0.2) is 0 Å². The zero-order chi connectivity index (χ0) is 15.0. The van der Waals surface area contributed by atoms with Gasteiger partial charge in [0.25, 0.3) is 0 Å². The minimum atomic E-state index is 0.380. The van der Waals surface area contributed by atoms with Gasteiger partial charge in [-0.15, -0.1) is 12.1 Å². The molecule has 20 heavy (non-hydrogen) atoms. The molecule has 0 spiro atoms. The molecule has 8 heteroatoms. The molecule has 0 amide bonds. The molecule has 0 saturated carbocycles. The summed E-state index contributed by atoms with van der Waals surface area (Å²) in [7, 11) is 13.0. The molecule has 2 rings (SSSR count). The molecule has 0 N–H and O–H groups in total. The third kappa shape index (κ3) is 2.59. The van der Waals surface area contributed by atoms with E-state index in [2.05, 4.69) is 81.1 Å². The number of fused-ring (bicyclic) bond motifs is 1. The average molecular weight is 322 g/mol. The van der Waals surface area contributed by atoms with Crippen molar-refractivity contribution in [1.29, 1.82) is 0 Å². The number of furan rings is 1. The average Bonchev–Trinajstić information content (AvgIpc) is 2.87. The lowest BCUT2D eigenvalue weighted by Gasteiger charge is -2.13. The maximum absolute atomic E-state index is 6.16. The van der Waals surface area contributed by atoms with Gasteiger partial charge in [-0.3, -0.25) is 0 Å². The molecule has 0 aliphatic heterocycles. The fourth-order valence-electron chi connectivity index (χ4n) is 2.62. The summed E-state index contributed by atoms with van der Waals surface area (Å²) in [4.78, 5) is 0. The molecule has 0 saturated heterocycles. The Balaban J connectivity index is 2.60. The molecule has 96 valence electrons. The second-order valence-corrected chi connectivity index (χ2v) is 6.55. The summed E-state index contributed by atoms with van der Waals surface area (Å²) in [5, 5.41) is 1.23. The highest BCUT2D eigenvalue weighted by molar-refractivity contribution is 9.10. The van der Waals surface area contributed by atoms with Crippen LogP contribution in [0.3, 0.4) is 0 Å². The van der Waals surface area contributed by atoms with Crippen molar-refractivity contribution in [2.75, 3.05) is 0 Å². The number of benzene rings is 1. The van der Waals surface area contributed by atoms with E-state index in [1.54, 1.807) is 0 Å². The molecule has 2 unspecified atom stereocenters. The zero-order valence-corrected chi connectivity index (χ0v) is 14.8. The molecule has 0 bridgehead atoms. The van der Waals surface area contributed by atoms with E-state index in [1.807, 2.05) is 0 Å². The van der Waals surface area contributed by atoms with Crippen LogP contribution in [0.25, 0.3) is 11.0 Å². The fraction of sp³-hybridized carbons (Fsp3) is 0.167. The van der Waals surface area contributed by atoms with Gasteiger partial charge < -0.3 is 4.42 Å². The summed E-state index contributed by atoms with van der Waals surface area (Å²) in [6.45, 7) is 0. The summed E-state index contributed by atoms with van der Waals surface area (Å²) in [5.74, 6) is 4.03. The van der Waals surface area contributed by atoms with Gasteiger partial charge in [0.05, 0.1) is 10.2 Å². The first-order chi connectivity index (χ1) is 9.38. The van der Waals surface area contributed by atoms with Gasteiger partial charge in [0, 0.05) is 5.39 Å². The van der Waals surface area contributed by atoms with E-state index in [0.29, 0.717) is 11.6 Å². The molecule has 0 aliphatic carbocycles. The van der Waals surface area contributed by atoms with Gasteiger partial charge in [-0.05, 0) is 27.8 Å². The van der Waals surface area contributed by atoms with Gasteiger partial charge in [0.2, 0.25) is 0 Å². The topological polar surface area (TPSA) is 13.1 Å². The van der Waals surface area contributed by atoms with Crippen LogP contribution in [0.2, 0.25) is 5.82 Å². The Kier molecular flexibility index (Phi) is 4.73. The Morgan fingerprint density at radius 3 is 2.35 bits per heavy atom. The summed E-state index contributed by atoms with van der Waals surface area (Å²) in [6.07, 6.45) is 2.23. The lowest BCUT2D eigenvalue weighted by molar-refractivity contribution is 0.541. The number of halogens is 1. The Hall–Kier alpha value is -0.630. The van der Waals surface area contributed by atoms with E-state index in [-0.39, 0.29) is 0 Å². The summed E-state index contributed by atoms with van der Waals surface area (Å²) >= 11 is 3.69. The summed E-state index contributed by atoms with van der Waals surface area (Å²) < 4.78 is 7.25. The monoisotopic (exact) mass is 322 g/mol. The van der Waals surface area contributed by atoms with Crippen molar-refractivity contribution in [3.8, 4) is 0 Å². The zero-order valence-electron chi connectivity index (χ0n) is 13.2. The Bertz CT molecular complexity index is 635. The van der Waals surface area contributed by atoms with Crippen LogP contribution >= 0.6 is 15.9 Å². The van der Waals surface area contributed by atoms with E-state index in [1.165, 1.54) is 21.8 Å². The van der Waals surface area contributed by atoms with Crippen molar-refractivity contribution in [2.45, 2.75) is 11.6 Å². The lowest BCUT2D eigenvalue weighted by atomic mass is 9.65. The van der Waals surface area contributed by atoms with Crippen LogP contribution in [-0.2, 0) is 0 Å². The SMILES string of the molecule is B/C=C/C(B)C(B)c1cc2c(B)c(B)c(B)c(Br)c2o1. The highest BCUT2D eigenvalue weighted by Crippen LogP contribution is 2.31. The highest BCUT2D eigenvalue weighted by Gasteiger charge is 2.19. The Morgan fingerprint density at radius 2 is 1.75 bits per heavy atom. The van der Waals surface area contributed by atoms with Crippen molar-refractivity contribution in [3.63, 3.8) is 0 Å². The second-order valence-electron chi connectivity index (χ2n) is 5.75. The van der Waals surface area contributed by atoms with Crippen LogP contribution in [0.4, 0.5) is 0 Å². The quantitative estimate of drug-likeness (QED) is 0.529. The van der Waals surface area contributed by atoms with Crippen LogP contribution in [0, 0.1) is 0 Å². The third-order valence-corrected chi connectivity index (χ3v) is 5.50. The van der Waals surface area contributed by atoms with Crippen LogP contribution in [0.1, 0.15) is 11.6 Å². The molecule has 0 radical (unpaired) electrons. The number of rotatable bonds is 3. The van der Waals surface area contributed by atoms with Crippen LogP contribution < -0.4 is 16.4 Å². The first-order valence-corrected chi connectivity index (χ1v) is 7.99. The standard InChI is InChI=1S/C12H17B6BrO/c13-2-1-5(14)8(16)6-3-4-7(15)9(17)10(18)11(19)12(4)20-6/h1-3,5,8H,13-18H2/b2-1+. The molecule has 0 aliphatic rings. The van der Waals surface area contributed by atoms with E-state index >= 15 is 0 Å². The van der Waals surface area contributed by atoms with Gasteiger partial charge in [0.1, 0.15) is 52.7 Å². The number of allylic oxidation sites excluding steroid dienone is 1. The first kappa shape index (κ1) is 15.8. The van der Waals surface area contributed by atoms with E-state index < -0.39 is 0 Å². The van der Waals surface area contributed by atoms with Crippen molar-refractivity contribution in [1.82, 2.24) is 0 Å². The molecular weight excluding hydrogens is 305 g/mol. The van der Waals surface area contributed by atoms with Crippen molar-refractivity contribution < 1.29 is 4.42 Å². The summed E-state index contributed by atoms with van der Waals surface area (Å²) in [6, 6.07) is 2.21. The van der Waals surface area contributed by atoms with Gasteiger partial charge >= 0.3 is 0 Å². The first-order valence-electron chi connectivity index (χ1n) is 7.20. The molecule has 1 heterocycles. The maximum atomic E-state index is 6.16. The Morgan fingerprint density at radius 1 is 1.10 bits per heavy atom. The van der Waals surface area contributed by atoms with Gasteiger partial charge in [-0.1, -0.05) is 22.2 Å². The predicted molar refractivity (Wildman–Crippen MR) is 110 cm³/mol. The molecule has 1 nitrogen and oxygen atoms in total. The molecular formula is C12H17B6BrO. The minimum Gasteiger partial charge on any atom is -0.460 e. The second kappa shape index (κ2) is 6.01. The molecule has 0 fully saturated rings. The molecule has 1 aromatic heterocycles. The Labute approximate surface area is 134 Å². The normalized spacial score (nSPS) is 14.8. The predicted octanol–water partition coefficient (Wildman–Crippen LogP) is -3.79. The molecule has 2 aromatic rings. The summed E-state index contributed by atoms with van der Waals surface area (Å²) in [5.41, 5.74) is 4.91. The van der Waals surface area contributed by atoms with E-state index in [9.17, 15) is 0 Å². The van der Waals surface area contributed by atoms with E-state index in [0.717, 1.165) is 15.8 Å². The van der Waals surface area contributed by atoms with E-state index in [4.69, 9.17) is 4.42 Å². The van der Waals surface area contributed by atoms with Crippen molar-refractivity contribution in [2.24, 2.45) is 0 Å². The minimum absolute atomic E-state index is 0.380. The van der Waals surface area contributed by atoms with Crippen LogP contribution in [0.15, 0.2) is 27.0 Å². The van der Waals surface area contributed by atoms with Gasteiger partial charge in [0.15, 0.2) is 0 Å². The third-order valence-electron chi connectivity index (χ3n) is 4.54. The largest absolute Gasteiger partial charge is 0.460 e. The van der Waals surface area contributed by atoms with Gasteiger partial charge in [-0.2, -0.15) is 0 Å². The number of hydrogen-bond acceptors (Lipinski definition) is 1. The molecule has 2 atom stereocenters.